The number of likely N-dealkylation sites (N-methyl/N-ethyl adjacent to an activating group) is 1. The van der Waals surface area contributed by atoms with Gasteiger partial charge in [-0.05, 0) is 65.5 Å². The van der Waals surface area contributed by atoms with Crippen molar-refractivity contribution in [3.63, 3.8) is 0 Å². The van der Waals surface area contributed by atoms with Gasteiger partial charge >= 0.3 is 12.1 Å². The van der Waals surface area contributed by atoms with Crippen LogP contribution in [0.1, 0.15) is 25.3 Å². The number of sulfonamides is 1. The number of anilines is 1. The van der Waals surface area contributed by atoms with Crippen LogP contribution >= 0.6 is 27.3 Å². The largest absolute Gasteiger partial charge is 0.490 e. The van der Waals surface area contributed by atoms with E-state index in [9.17, 15) is 26.4 Å². The van der Waals surface area contributed by atoms with Crippen molar-refractivity contribution in [2.45, 2.75) is 35.6 Å². The lowest BCUT2D eigenvalue weighted by atomic mass is 9.95. The molecule has 1 aromatic carbocycles. The Morgan fingerprint density at radius 2 is 1.71 bits per heavy atom. The van der Waals surface area contributed by atoms with Gasteiger partial charge in [-0.15, -0.1) is 11.3 Å². The van der Waals surface area contributed by atoms with Gasteiger partial charge in [0.15, 0.2) is 0 Å². The predicted octanol–water partition coefficient (Wildman–Crippen LogP) is 4.11. The third-order valence-corrected chi connectivity index (χ3v) is 7.76. The molecular weight excluding hydrogens is 525 g/mol. The highest BCUT2D eigenvalue weighted by Gasteiger charge is 2.50. The molecule has 0 spiro atoms. The maximum Gasteiger partial charge on any atom is 0.490 e. The minimum absolute atomic E-state index is 0.0433. The molecule has 1 aliphatic carbocycles. The monoisotopic (exact) mass is 542 g/mol. The number of thiophene rings is 1. The molecule has 170 valence electrons. The van der Waals surface area contributed by atoms with Gasteiger partial charge in [-0.1, -0.05) is 12.1 Å². The normalized spacial score (nSPS) is 14.7. The molecule has 1 amide bonds. The highest BCUT2D eigenvalue weighted by Crippen LogP contribution is 2.48. The predicted molar refractivity (Wildman–Crippen MR) is 113 cm³/mol. The van der Waals surface area contributed by atoms with Gasteiger partial charge in [0.05, 0.1) is 9.20 Å². The molecule has 0 radical (unpaired) electrons. The van der Waals surface area contributed by atoms with E-state index in [2.05, 4.69) is 26.0 Å². The molecule has 1 aromatic heterocycles. The van der Waals surface area contributed by atoms with Gasteiger partial charge < -0.3 is 10.4 Å². The van der Waals surface area contributed by atoms with E-state index in [1.54, 1.807) is 24.3 Å². The zero-order valence-corrected chi connectivity index (χ0v) is 19.2. The fourth-order valence-corrected chi connectivity index (χ4v) is 5.67. The molecule has 0 atom stereocenters. The molecule has 0 saturated heterocycles. The zero-order chi connectivity index (χ0) is 23.4. The van der Waals surface area contributed by atoms with Crippen LogP contribution in [0.2, 0.25) is 0 Å². The number of nitrogens with one attached hydrogen (secondary N) is 2. The summed E-state index contributed by atoms with van der Waals surface area (Å²) in [5, 5.41) is 9.99. The van der Waals surface area contributed by atoms with Gasteiger partial charge in [0, 0.05) is 12.2 Å². The number of carbonyl (C=O) groups is 2. The number of rotatable bonds is 6. The average molecular weight is 543 g/mol. The highest BCUT2D eigenvalue weighted by molar-refractivity contribution is 9.11. The second kappa shape index (κ2) is 9.57. The lowest BCUT2D eigenvalue weighted by Crippen LogP contribution is -2.34. The summed E-state index contributed by atoms with van der Waals surface area (Å²) in [5.74, 6) is -2.71. The number of carboxylic acids is 1. The SMILES string of the molecule is CCNC(=O)C1(c2ccc(NS(=O)(=O)c3ccc(Br)s3)cc2)CC1.O=C(O)C(F)(F)F. The first kappa shape index (κ1) is 25.1. The van der Waals surface area contributed by atoms with Gasteiger partial charge in [-0.25, -0.2) is 13.2 Å². The Morgan fingerprint density at radius 1 is 1.16 bits per heavy atom. The van der Waals surface area contributed by atoms with E-state index in [4.69, 9.17) is 9.90 Å². The van der Waals surface area contributed by atoms with E-state index in [0.29, 0.717) is 12.2 Å². The second-order valence-corrected chi connectivity index (χ2v) is 10.9. The van der Waals surface area contributed by atoms with Crippen LogP contribution < -0.4 is 10.0 Å². The van der Waals surface area contributed by atoms with Gasteiger partial charge in [-0.2, -0.15) is 13.2 Å². The van der Waals surface area contributed by atoms with Crippen molar-refractivity contribution in [3.05, 3.63) is 45.7 Å². The molecule has 7 nitrogen and oxygen atoms in total. The van der Waals surface area contributed by atoms with E-state index in [0.717, 1.165) is 33.5 Å². The maximum absolute atomic E-state index is 12.3. The fourth-order valence-electron chi connectivity index (χ4n) is 2.61. The molecule has 0 unspecified atom stereocenters. The van der Waals surface area contributed by atoms with Gasteiger partial charge in [0.25, 0.3) is 10.0 Å². The van der Waals surface area contributed by atoms with Crippen LogP contribution in [0.4, 0.5) is 18.9 Å². The Balaban J connectivity index is 0.000000423. The summed E-state index contributed by atoms with van der Waals surface area (Å²) >= 11 is 4.42. The quantitative estimate of drug-likeness (QED) is 0.508. The van der Waals surface area contributed by atoms with Crippen LogP contribution in [-0.2, 0) is 25.0 Å². The van der Waals surface area contributed by atoms with Crippen LogP contribution in [0.15, 0.2) is 44.4 Å². The van der Waals surface area contributed by atoms with Crippen molar-refractivity contribution in [1.82, 2.24) is 5.32 Å². The maximum atomic E-state index is 12.3. The third-order valence-electron chi connectivity index (χ3n) is 4.27. The van der Waals surface area contributed by atoms with Gasteiger partial charge in [0.1, 0.15) is 4.21 Å². The van der Waals surface area contributed by atoms with Crippen molar-refractivity contribution in [1.29, 1.82) is 0 Å². The molecule has 1 saturated carbocycles. The molecule has 2 aromatic rings. The molecular formula is C18H18BrF3N2O5S2. The Kier molecular flexibility index (Phi) is 7.76. The molecule has 0 aliphatic heterocycles. The van der Waals surface area contributed by atoms with Crippen LogP contribution in [0.3, 0.4) is 0 Å². The van der Waals surface area contributed by atoms with Crippen molar-refractivity contribution >= 4 is 54.9 Å². The summed E-state index contributed by atoms with van der Waals surface area (Å²) in [6, 6.07) is 10.3. The fraction of sp³-hybridized carbons (Fsp3) is 0.333. The minimum atomic E-state index is -5.08. The Morgan fingerprint density at radius 3 is 2.10 bits per heavy atom. The molecule has 13 heteroatoms. The van der Waals surface area contributed by atoms with E-state index in [1.807, 2.05) is 19.1 Å². The molecule has 3 rings (SSSR count). The first-order valence-electron chi connectivity index (χ1n) is 8.79. The first-order valence-corrected chi connectivity index (χ1v) is 11.9. The van der Waals surface area contributed by atoms with Crippen molar-refractivity contribution < 1.29 is 36.3 Å². The number of alkyl halides is 3. The number of amides is 1. The Bertz CT molecular complexity index is 1050. The molecule has 3 N–H and O–H groups in total. The second-order valence-electron chi connectivity index (χ2n) is 6.49. The zero-order valence-electron chi connectivity index (χ0n) is 16.0. The van der Waals surface area contributed by atoms with Crippen molar-refractivity contribution in [3.8, 4) is 0 Å². The number of carbonyl (C=O) groups excluding carboxylic acids is 1. The minimum Gasteiger partial charge on any atom is -0.475 e. The van der Waals surface area contributed by atoms with Crippen molar-refractivity contribution in [2.75, 3.05) is 11.3 Å². The summed E-state index contributed by atoms with van der Waals surface area (Å²) in [6.45, 7) is 2.50. The van der Waals surface area contributed by atoms with Crippen LogP contribution in [0, 0.1) is 0 Å². The topological polar surface area (TPSA) is 113 Å². The molecule has 1 heterocycles. The summed E-state index contributed by atoms with van der Waals surface area (Å²) in [5.41, 5.74) is 0.969. The van der Waals surface area contributed by atoms with E-state index >= 15 is 0 Å². The first-order chi connectivity index (χ1) is 14.3. The number of carboxylic acid groups (broad SMARTS) is 1. The number of hydrogen-bond donors (Lipinski definition) is 3. The summed E-state index contributed by atoms with van der Waals surface area (Å²) in [4.78, 5) is 21.1. The molecule has 0 bridgehead atoms. The number of halogens is 4. The van der Waals surface area contributed by atoms with Crippen LogP contribution in [-0.4, -0.2) is 38.1 Å². The Labute approximate surface area is 188 Å². The lowest BCUT2D eigenvalue weighted by molar-refractivity contribution is -0.192. The summed E-state index contributed by atoms with van der Waals surface area (Å²) in [6.07, 6.45) is -3.43. The molecule has 31 heavy (non-hydrogen) atoms. The third kappa shape index (κ3) is 6.43. The van der Waals surface area contributed by atoms with E-state index in [-0.39, 0.29) is 10.1 Å². The molecule has 1 fully saturated rings. The van der Waals surface area contributed by atoms with Gasteiger partial charge in [-0.3, -0.25) is 9.52 Å². The van der Waals surface area contributed by atoms with E-state index in [1.165, 1.54) is 0 Å². The summed E-state index contributed by atoms with van der Waals surface area (Å²) < 4.78 is 59.9. The average Bonchev–Trinajstić information content (AvgIpc) is 3.36. The molecule has 1 aliphatic rings. The number of hydrogen-bond acceptors (Lipinski definition) is 5. The highest BCUT2D eigenvalue weighted by atomic mass is 79.9. The summed E-state index contributed by atoms with van der Waals surface area (Å²) in [7, 11) is -3.59. The standard InChI is InChI=1S/C16H17BrN2O3S2.C2HF3O2/c1-2-18-15(20)16(9-10-16)11-3-5-12(6-4-11)19-24(21,22)14-8-7-13(17)23-14;3-2(4,5)1(6)7/h3-8,19H,2,9-10H2,1H3,(H,18,20);(H,6,7). The van der Waals surface area contributed by atoms with Gasteiger partial charge in [0.2, 0.25) is 5.91 Å². The number of benzene rings is 1. The lowest BCUT2D eigenvalue weighted by Gasteiger charge is -2.15. The Hall–Kier alpha value is -2.12. The number of aliphatic carboxylic acids is 1. The van der Waals surface area contributed by atoms with Crippen molar-refractivity contribution in [2.24, 2.45) is 0 Å². The smallest absolute Gasteiger partial charge is 0.475 e. The van der Waals surface area contributed by atoms with E-state index < -0.39 is 27.6 Å². The van der Waals surface area contributed by atoms with Crippen LogP contribution in [0.5, 0.6) is 0 Å². The van der Waals surface area contributed by atoms with Crippen LogP contribution in [0.25, 0.3) is 0 Å².